The number of hydrogen-bond donors (Lipinski definition) is 1. The van der Waals surface area contributed by atoms with Gasteiger partial charge in [0.1, 0.15) is 0 Å². The van der Waals surface area contributed by atoms with Crippen molar-refractivity contribution in [2.75, 3.05) is 25.5 Å². The monoisotopic (exact) mass is 330 g/mol. The molecule has 2 atom stereocenters. The lowest BCUT2D eigenvalue weighted by Gasteiger charge is -2.34. The molecule has 0 bridgehead atoms. The average Bonchev–Trinajstić information content (AvgIpc) is 2.96. The number of imidazole rings is 1. The van der Waals surface area contributed by atoms with E-state index in [1.54, 1.807) is 17.6 Å². The van der Waals surface area contributed by atoms with E-state index >= 15 is 0 Å². The number of hydrogen-bond acceptors (Lipinski definition) is 6. The number of nitrogens with zero attached hydrogens (tertiary/aromatic N) is 3. The highest BCUT2D eigenvalue weighted by Gasteiger charge is 2.36. The van der Waals surface area contributed by atoms with Crippen LogP contribution in [0.25, 0.3) is 4.96 Å². The molecule has 3 rings (SSSR count). The number of morpholine rings is 1. The second-order valence-corrected chi connectivity index (χ2v) is 7.88. The number of thiazole rings is 1. The molecular weight excluding hydrogens is 312 g/mol. The summed E-state index contributed by atoms with van der Waals surface area (Å²) in [6.45, 7) is 4.47. The lowest BCUT2D eigenvalue weighted by Crippen LogP contribution is -2.48. The van der Waals surface area contributed by atoms with Crippen LogP contribution in [0.3, 0.4) is 0 Å². The second kappa shape index (κ2) is 5.24. The van der Waals surface area contributed by atoms with E-state index in [4.69, 9.17) is 4.74 Å². The molecule has 1 fully saturated rings. The van der Waals surface area contributed by atoms with E-state index in [9.17, 15) is 8.42 Å². The van der Waals surface area contributed by atoms with Crippen molar-refractivity contribution in [3.8, 4) is 0 Å². The van der Waals surface area contributed by atoms with E-state index < -0.39 is 10.0 Å². The fraction of sp³-hybridized carbons (Fsp3) is 0.583. The Hall–Kier alpha value is -1.16. The zero-order chi connectivity index (χ0) is 15.2. The summed E-state index contributed by atoms with van der Waals surface area (Å²) in [5.41, 5.74) is 0. The largest absolute Gasteiger partial charge is 0.373 e. The lowest BCUT2D eigenvalue weighted by atomic mass is 10.3. The molecule has 21 heavy (non-hydrogen) atoms. The van der Waals surface area contributed by atoms with Crippen LogP contribution >= 0.6 is 11.3 Å². The molecule has 0 radical (unpaired) electrons. The zero-order valence-electron chi connectivity index (χ0n) is 12.1. The SMILES string of the molecule is CNc1nc2sccn2c1S(=O)(=O)N1C[C@@H](C)O[C@@H](C)C1. The number of rotatable bonds is 3. The molecule has 1 aliphatic rings. The first-order valence-corrected chi connectivity index (χ1v) is 9.04. The van der Waals surface area contributed by atoms with E-state index in [1.165, 1.54) is 15.6 Å². The van der Waals surface area contributed by atoms with Gasteiger partial charge in [-0.2, -0.15) is 4.31 Å². The molecule has 0 aliphatic carbocycles. The molecule has 116 valence electrons. The Morgan fingerprint density at radius 1 is 1.38 bits per heavy atom. The summed E-state index contributed by atoms with van der Waals surface area (Å²) in [6.07, 6.45) is 1.49. The van der Waals surface area contributed by atoms with Crippen molar-refractivity contribution < 1.29 is 13.2 Å². The predicted molar refractivity (Wildman–Crippen MR) is 81.4 cm³/mol. The standard InChI is InChI=1S/C12H18N4O3S2/c1-8-6-15(7-9(2)19-8)21(17,18)11-10(13-3)14-12-16(11)4-5-20-12/h4-5,8-9,13H,6-7H2,1-3H3/t8-,9+. The van der Waals surface area contributed by atoms with Crippen molar-refractivity contribution in [2.45, 2.75) is 31.1 Å². The zero-order valence-corrected chi connectivity index (χ0v) is 13.7. The van der Waals surface area contributed by atoms with Gasteiger partial charge in [0.05, 0.1) is 12.2 Å². The molecule has 0 amide bonds. The van der Waals surface area contributed by atoms with Gasteiger partial charge in [0, 0.05) is 31.7 Å². The molecule has 0 spiro atoms. The Bertz CT molecular complexity index is 742. The van der Waals surface area contributed by atoms with Crippen LogP contribution in [-0.4, -0.2) is 54.5 Å². The minimum Gasteiger partial charge on any atom is -0.373 e. The van der Waals surface area contributed by atoms with Crippen LogP contribution in [0, 0.1) is 0 Å². The van der Waals surface area contributed by atoms with Gasteiger partial charge >= 0.3 is 0 Å². The van der Waals surface area contributed by atoms with Crippen LogP contribution in [0.15, 0.2) is 16.6 Å². The molecule has 7 nitrogen and oxygen atoms in total. The summed E-state index contributed by atoms with van der Waals surface area (Å²) in [6, 6.07) is 0. The molecule has 1 N–H and O–H groups in total. The number of aromatic nitrogens is 2. The second-order valence-electron chi connectivity index (χ2n) is 5.15. The van der Waals surface area contributed by atoms with E-state index in [-0.39, 0.29) is 17.2 Å². The maximum atomic E-state index is 13.0. The van der Waals surface area contributed by atoms with Crippen LogP contribution < -0.4 is 5.32 Å². The molecule has 2 aromatic rings. The maximum Gasteiger partial charge on any atom is 0.263 e. The number of nitrogens with one attached hydrogen (secondary N) is 1. The number of ether oxygens (including phenoxy) is 1. The minimum atomic E-state index is -3.63. The number of sulfonamides is 1. The number of anilines is 1. The van der Waals surface area contributed by atoms with E-state index in [0.29, 0.717) is 23.9 Å². The summed E-state index contributed by atoms with van der Waals surface area (Å²) in [5.74, 6) is 0.383. The quantitative estimate of drug-likeness (QED) is 0.916. The van der Waals surface area contributed by atoms with Gasteiger partial charge in [-0.3, -0.25) is 4.40 Å². The van der Waals surface area contributed by atoms with E-state index in [0.717, 1.165) is 0 Å². The lowest BCUT2D eigenvalue weighted by molar-refractivity contribution is -0.0441. The Morgan fingerprint density at radius 3 is 2.67 bits per heavy atom. The van der Waals surface area contributed by atoms with Crippen LogP contribution in [0.4, 0.5) is 5.82 Å². The molecule has 0 unspecified atom stereocenters. The predicted octanol–water partition coefficient (Wildman–Crippen LogP) is 1.24. The Balaban J connectivity index is 2.09. The third-order valence-electron chi connectivity index (χ3n) is 3.43. The molecule has 3 heterocycles. The van der Waals surface area contributed by atoms with Crippen LogP contribution in [-0.2, 0) is 14.8 Å². The smallest absolute Gasteiger partial charge is 0.263 e. The van der Waals surface area contributed by atoms with Gasteiger partial charge < -0.3 is 10.1 Å². The molecule has 0 saturated carbocycles. The van der Waals surface area contributed by atoms with Crippen molar-refractivity contribution >= 4 is 32.1 Å². The summed E-state index contributed by atoms with van der Waals surface area (Å²) in [5, 5.41) is 4.90. The Morgan fingerprint density at radius 2 is 2.05 bits per heavy atom. The molecular formula is C12H18N4O3S2. The first kappa shape index (κ1) is 14.8. The highest BCUT2D eigenvalue weighted by atomic mass is 32.2. The van der Waals surface area contributed by atoms with Crippen molar-refractivity contribution in [2.24, 2.45) is 0 Å². The number of fused-ring (bicyclic) bond motifs is 1. The topological polar surface area (TPSA) is 75.9 Å². The fourth-order valence-corrected chi connectivity index (χ4v) is 5.24. The van der Waals surface area contributed by atoms with Crippen LogP contribution in [0.2, 0.25) is 0 Å². The Labute approximate surface area is 127 Å². The molecule has 0 aromatic carbocycles. The fourth-order valence-electron chi connectivity index (χ4n) is 2.62. The van der Waals surface area contributed by atoms with Crippen LogP contribution in [0.5, 0.6) is 0 Å². The van der Waals surface area contributed by atoms with Crippen molar-refractivity contribution in [1.29, 1.82) is 0 Å². The average molecular weight is 330 g/mol. The van der Waals surface area contributed by atoms with Crippen LogP contribution in [0.1, 0.15) is 13.8 Å². The third-order valence-corrected chi connectivity index (χ3v) is 6.04. The van der Waals surface area contributed by atoms with Gasteiger partial charge in [-0.15, -0.1) is 11.3 Å². The normalized spacial score (nSPS) is 24.5. The van der Waals surface area contributed by atoms with E-state index in [1.807, 2.05) is 19.2 Å². The molecule has 2 aromatic heterocycles. The van der Waals surface area contributed by atoms with Crippen molar-refractivity contribution in [1.82, 2.24) is 13.7 Å². The first-order chi connectivity index (χ1) is 9.93. The highest BCUT2D eigenvalue weighted by Crippen LogP contribution is 2.29. The van der Waals surface area contributed by atoms with Gasteiger partial charge in [0.2, 0.25) is 0 Å². The van der Waals surface area contributed by atoms with E-state index in [2.05, 4.69) is 10.3 Å². The van der Waals surface area contributed by atoms with Gasteiger partial charge in [-0.1, -0.05) is 0 Å². The maximum absolute atomic E-state index is 13.0. The highest BCUT2D eigenvalue weighted by molar-refractivity contribution is 7.89. The van der Waals surface area contributed by atoms with Gasteiger partial charge in [0.25, 0.3) is 10.0 Å². The summed E-state index contributed by atoms with van der Waals surface area (Å²) < 4.78 is 34.7. The summed E-state index contributed by atoms with van der Waals surface area (Å²) in [7, 11) is -1.95. The minimum absolute atomic E-state index is 0.118. The first-order valence-electron chi connectivity index (χ1n) is 6.72. The van der Waals surface area contributed by atoms with Gasteiger partial charge in [-0.25, -0.2) is 13.4 Å². The molecule has 1 saturated heterocycles. The van der Waals surface area contributed by atoms with Crippen molar-refractivity contribution in [3.63, 3.8) is 0 Å². The van der Waals surface area contributed by atoms with Crippen molar-refractivity contribution in [3.05, 3.63) is 11.6 Å². The van der Waals surface area contributed by atoms with Gasteiger partial charge in [-0.05, 0) is 13.8 Å². The Kier molecular flexibility index (Phi) is 3.68. The van der Waals surface area contributed by atoms with Gasteiger partial charge in [0.15, 0.2) is 15.8 Å². The summed E-state index contributed by atoms with van der Waals surface area (Å²) in [4.78, 5) is 4.98. The molecule has 1 aliphatic heterocycles. The molecule has 9 heteroatoms. The summed E-state index contributed by atoms with van der Waals surface area (Å²) >= 11 is 1.41. The third kappa shape index (κ3) is 2.44.